The summed E-state index contributed by atoms with van der Waals surface area (Å²) < 4.78 is 3.20. The molecule has 1 unspecified atom stereocenters. The lowest BCUT2D eigenvalue weighted by atomic mass is 10.1. The summed E-state index contributed by atoms with van der Waals surface area (Å²) in [6.45, 7) is 2.92. The average Bonchev–Trinajstić information content (AvgIpc) is 2.81. The van der Waals surface area contributed by atoms with Gasteiger partial charge >= 0.3 is 0 Å². The van der Waals surface area contributed by atoms with E-state index in [4.69, 9.17) is 0 Å². The number of hydrogen-bond donors (Lipinski definition) is 1. The van der Waals surface area contributed by atoms with Crippen LogP contribution in [0.25, 0.3) is 0 Å². The fourth-order valence-corrected chi connectivity index (χ4v) is 2.26. The first-order valence-electron chi connectivity index (χ1n) is 6.27. The van der Waals surface area contributed by atoms with Gasteiger partial charge in [-0.2, -0.15) is 0 Å². The predicted molar refractivity (Wildman–Crippen MR) is 77.5 cm³/mol. The number of hydrogen-bond acceptors (Lipinski definition) is 1. The zero-order valence-electron chi connectivity index (χ0n) is 10.5. The van der Waals surface area contributed by atoms with E-state index in [1.807, 2.05) is 30.6 Å². The van der Waals surface area contributed by atoms with Crippen LogP contribution in [-0.4, -0.2) is 9.67 Å². The maximum absolute atomic E-state index is 9.92. The second kappa shape index (κ2) is 6.21. The first-order valence-corrected chi connectivity index (χ1v) is 7.06. The van der Waals surface area contributed by atoms with E-state index in [0.29, 0.717) is 0 Å². The lowest BCUT2D eigenvalue weighted by Gasteiger charge is -2.07. The molecule has 3 heteroatoms. The molecule has 0 saturated heterocycles. The lowest BCUT2D eigenvalue weighted by molar-refractivity contribution is 0.166. The van der Waals surface area contributed by atoms with Crippen molar-refractivity contribution in [3.05, 3.63) is 58.3 Å². The Balaban J connectivity index is 2.04. The summed E-state index contributed by atoms with van der Waals surface area (Å²) in [5, 5.41) is 9.92. The molecule has 2 nitrogen and oxygen atoms in total. The molecule has 0 spiro atoms. The van der Waals surface area contributed by atoms with Gasteiger partial charge in [-0.15, -0.1) is 0 Å². The Bertz CT molecular complexity index is 489. The minimum Gasteiger partial charge on any atom is -0.388 e. The van der Waals surface area contributed by atoms with Crippen LogP contribution >= 0.6 is 15.9 Å². The predicted octanol–water partition coefficient (Wildman–Crippen LogP) is 4.13. The summed E-state index contributed by atoms with van der Waals surface area (Å²) in [6.07, 6.45) is 5.54. The van der Waals surface area contributed by atoms with Gasteiger partial charge in [-0.05, 0) is 35.7 Å². The van der Waals surface area contributed by atoms with E-state index in [1.54, 1.807) is 0 Å². The van der Waals surface area contributed by atoms with E-state index in [9.17, 15) is 5.11 Å². The summed E-state index contributed by atoms with van der Waals surface area (Å²) in [4.78, 5) is 0. The monoisotopic (exact) mass is 307 g/mol. The highest BCUT2D eigenvalue weighted by Gasteiger charge is 2.07. The maximum Gasteiger partial charge on any atom is 0.0804 e. The third-order valence-electron chi connectivity index (χ3n) is 3.00. The summed E-state index contributed by atoms with van der Waals surface area (Å²) in [7, 11) is 0. The van der Waals surface area contributed by atoms with E-state index < -0.39 is 0 Å². The Hall–Kier alpha value is -1.06. The lowest BCUT2D eigenvalue weighted by Crippen LogP contribution is -1.98. The second-order valence-electron chi connectivity index (χ2n) is 4.55. The molecular weight excluding hydrogens is 290 g/mol. The fourth-order valence-electron chi connectivity index (χ4n) is 2.00. The number of nitrogens with zero attached hydrogens (tertiary/aromatic N) is 1. The number of rotatable bonds is 5. The minimum atomic E-state index is -0.332. The first kappa shape index (κ1) is 13.4. The molecule has 0 bridgehead atoms. The minimum absolute atomic E-state index is 0.332. The molecular formula is C15H18BrNO. The normalized spacial score (nSPS) is 12.6. The summed E-state index contributed by atoms with van der Waals surface area (Å²) in [5.41, 5.74) is 2.26. The first-order chi connectivity index (χ1) is 8.69. The molecule has 0 fully saturated rings. The van der Waals surface area contributed by atoms with Crippen LogP contribution in [0.5, 0.6) is 0 Å². The van der Waals surface area contributed by atoms with E-state index >= 15 is 0 Å². The third-order valence-corrected chi connectivity index (χ3v) is 3.53. The van der Waals surface area contributed by atoms with E-state index in [0.717, 1.165) is 29.4 Å². The van der Waals surface area contributed by atoms with Gasteiger partial charge in [0.15, 0.2) is 0 Å². The highest BCUT2D eigenvalue weighted by Crippen LogP contribution is 2.19. The molecule has 1 heterocycles. The SMILES string of the molecule is CCCC(O)c1ccn(Cc2ccc(Br)cc2)c1. The number of halogens is 1. The van der Waals surface area contributed by atoms with Crippen LogP contribution in [0.2, 0.25) is 0 Å². The second-order valence-corrected chi connectivity index (χ2v) is 5.46. The molecule has 96 valence electrons. The van der Waals surface area contributed by atoms with Gasteiger partial charge in [0.25, 0.3) is 0 Å². The van der Waals surface area contributed by atoms with Gasteiger partial charge < -0.3 is 9.67 Å². The zero-order chi connectivity index (χ0) is 13.0. The molecule has 1 aromatic carbocycles. The molecule has 0 aliphatic carbocycles. The standard InChI is InChI=1S/C15H18BrNO/c1-2-3-15(18)13-8-9-17(11-13)10-12-4-6-14(16)7-5-12/h4-9,11,15,18H,2-3,10H2,1H3. The molecule has 0 aliphatic rings. The van der Waals surface area contributed by atoms with Gasteiger partial charge in [-0.25, -0.2) is 0 Å². The van der Waals surface area contributed by atoms with E-state index in [2.05, 4.69) is 39.6 Å². The molecule has 1 atom stereocenters. The molecule has 0 radical (unpaired) electrons. The van der Waals surface area contributed by atoms with Gasteiger partial charge in [0, 0.05) is 23.4 Å². The highest BCUT2D eigenvalue weighted by atomic mass is 79.9. The van der Waals surface area contributed by atoms with Crippen molar-refractivity contribution in [2.24, 2.45) is 0 Å². The van der Waals surface area contributed by atoms with Gasteiger partial charge in [0.05, 0.1) is 6.10 Å². The average molecular weight is 308 g/mol. The Morgan fingerprint density at radius 1 is 1.22 bits per heavy atom. The van der Waals surface area contributed by atoms with Crippen molar-refractivity contribution in [3.63, 3.8) is 0 Å². The summed E-state index contributed by atoms with van der Waals surface area (Å²) in [6, 6.07) is 10.3. The largest absolute Gasteiger partial charge is 0.388 e. The number of aliphatic hydroxyl groups excluding tert-OH is 1. The van der Waals surface area contributed by atoms with Gasteiger partial charge in [-0.1, -0.05) is 41.4 Å². The summed E-state index contributed by atoms with van der Waals surface area (Å²) in [5.74, 6) is 0. The van der Waals surface area contributed by atoms with Crippen molar-refractivity contribution in [2.45, 2.75) is 32.4 Å². The van der Waals surface area contributed by atoms with Crippen molar-refractivity contribution in [2.75, 3.05) is 0 Å². The van der Waals surface area contributed by atoms with Crippen LogP contribution < -0.4 is 0 Å². The number of benzene rings is 1. The molecule has 0 amide bonds. The molecule has 2 aromatic rings. The van der Waals surface area contributed by atoms with Crippen molar-refractivity contribution in [3.8, 4) is 0 Å². The zero-order valence-corrected chi connectivity index (χ0v) is 12.1. The van der Waals surface area contributed by atoms with Crippen molar-refractivity contribution in [1.29, 1.82) is 0 Å². The quantitative estimate of drug-likeness (QED) is 0.882. The van der Waals surface area contributed by atoms with Gasteiger partial charge in [0.1, 0.15) is 0 Å². The highest BCUT2D eigenvalue weighted by molar-refractivity contribution is 9.10. The van der Waals surface area contributed by atoms with Crippen molar-refractivity contribution in [1.82, 2.24) is 4.57 Å². The molecule has 1 aromatic heterocycles. The maximum atomic E-state index is 9.92. The molecule has 1 N–H and O–H groups in total. The molecule has 2 rings (SSSR count). The van der Waals surface area contributed by atoms with Gasteiger partial charge in [0.2, 0.25) is 0 Å². The Labute approximate surface area is 116 Å². The summed E-state index contributed by atoms with van der Waals surface area (Å²) >= 11 is 3.43. The third kappa shape index (κ3) is 3.47. The van der Waals surface area contributed by atoms with Crippen molar-refractivity contribution < 1.29 is 5.11 Å². The van der Waals surface area contributed by atoms with Crippen LogP contribution in [0.3, 0.4) is 0 Å². The van der Waals surface area contributed by atoms with Gasteiger partial charge in [-0.3, -0.25) is 0 Å². The van der Waals surface area contributed by atoms with E-state index in [-0.39, 0.29) is 6.10 Å². The van der Waals surface area contributed by atoms with Crippen LogP contribution in [0, 0.1) is 0 Å². The Morgan fingerprint density at radius 3 is 2.61 bits per heavy atom. The molecule has 0 saturated carbocycles. The van der Waals surface area contributed by atoms with Crippen LogP contribution in [-0.2, 0) is 6.54 Å². The Kier molecular flexibility index (Phi) is 4.61. The molecule has 0 aliphatic heterocycles. The smallest absolute Gasteiger partial charge is 0.0804 e. The molecule has 18 heavy (non-hydrogen) atoms. The van der Waals surface area contributed by atoms with Crippen LogP contribution in [0.4, 0.5) is 0 Å². The van der Waals surface area contributed by atoms with Crippen LogP contribution in [0.1, 0.15) is 37.0 Å². The van der Waals surface area contributed by atoms with E-state index in [1.165, 1.54) is 5.56 Å². The fraction of sp³-hybridized carbons (Fsp3) is 0.333. The number of aliphatic hydroxyl groups is 1. The Morgan fingerprint density at radius 2 is 1.94 bits per heavy atom. The topological polar surface area (TPSA) is 25.2 Å². The number of aromatic nitrogens is 1. The van der Waals surface area contributed by atoms with Crippen molar-refractivity contribution >= 4 is 15.9 Å². The van der Waals surface area contributed by atoms with Crippen LogP contribution in [0.15, 0.2) is 47.2 Å².